The van der Waals surface area contributed by atoms with Gasteiger partial charge in [0.25, 0.3) is 5.95 Å². The monoisotopic (exact) mass is 496 g/mol. The molecule has 0 aliphatic carbocycles. The van der Waals surface area contributed by atoms with Gasteiger partial charge in [0.15, 0.2) is 10.9 Å². The van der Waals surface area contributed by atoms with Gasteiger partial charge in [-0.3, -0.25) is 14.4 Å². The van der Waals surface area contributed by atoms with Crippen LogP contribution in [0.25, 0.3) is 21.9 Å². The summed E-state index contributed by atoms with van der Waals surface area (Å²) in [5.41, 5.74) is -0.781. The third kappa shape index (κ3) is 5.20. The van der Waals surface area contributed by atoms with Crippen LogP contribution in [-0.4, -0.2) is 43.5 Å². The van der Waals surface area contributed by atoms with Crippen molar-refractivity contribution in [1.29, 1.82) is 0 Å². The number of benzene rings is 2. The first kappa shape index (κ1) is 24.5. The molecular weight excluding hydrogens is 476 g/mol. The van der Waals surface area contributed by atoms with Crippen LogP contribution >= 0.6 is 0 Å². The maximum atomic E-state index is 12.5. The Hall–Kier alpha value is -4.64. The van der Waals surface area contributed by atoms with Crippen molar-refractivity contribution in [2.75, 3.05) is 19.8 Å². The largest absolute Gasteiger partial charge is 0.490 e. The number of hydrogen-bond acceptors (Lipinski definition) is 10. The summed E-state index contributed by atoms with van der Waals surface area (Å²) < 4.78 is 32.6. The minimum Gasteiger partial charge on any atom is -0.490 e. The van der Waals surface area contributed by atoms with Gasteiger partial charge in [-0.2, -0.15) is 0 Å². The van der Waals surface area contributed by atoms with Crippen LogP contribution in [0.1, 0.15) is 17.5 Å². The molecule has 0 amide bonds. The number of carbonyl (C=O) groups is 2. The van der Waals surface area contributed by atoms with Gasteiger partial charge in [-0.15, -0.1) is 0 Å². The molecule has 0 fully saturated rings. The summed E-state index contributed by atoms with van der Waals surface area (Å²) in [6, 6.07) is 11.2. The number of carboxylic acids is 1. The lowest BCUT2D eigenvalue weighted by Crippen LogP contribution is -2.29. The standard InChI is InChI=1S/C25H20O11/c1-2-31-14(11-32-17-5-3-7-19-23(17)15(27)9-21(35-19)25(29)30)12-33-18-6-4-8-20-24(18)16(28)10-22(36-20)34-13-26/h3-10,13-14H,2,11-12H2,1H3,(H,29,30). The molecule has 186 valence electrons. The zero-order valence-electron chi connectivity index (χ0n) is 18.9. The minimum absolute atomic E-state index is 0.0124. The Morgan fingerprint density at radius 2 is 1.53 bits per heavy atom. The molecule has 0 bridgehead atoms. The molecule has 11 nitrogen and oxygen atoms in total. The SMILES string of the molecule is CCOC(COc1cccc2oc(OC=O)cc(=O)c12)COc1cccc2oc(C(=O)O)cc(=O)c12. The van der Waals surface area contributed by atoms with Gasteiger partial charge in [-0.05, 0) is 31.2 Å². The van der Waals surface area contributed by atoms with Crippen molar-refractivity contribution in [1.82, 2.24) is 0 Å². The zero-order valence-corrected chi connectivity index (χ0v) is 18.9. The van der Waals surface area contributed by atoms with Gasteiger partial charge in [0.2, 0.25) is 5.76 Å². The summed E-state index contributed by atoms with van der Waals surface area (Å²) >= 11 is 0. The normalized spacial score (nSPS) is 11.8. The topological polar surface area (TPSA) is 152 Å². The lowest BCUT2D eigenvalue weighted by molar-refractivity contribution is -0.121. The number of carbonyl (C=O) groups excluding carboxylic acids is 1. The smallest absolute Gasteiger partial charge is 0.371 e. The summed E-state index contributed by atoms with van der Waals surface area (Å²) in [5.74, 6) is -1.65. The Bertz CT molecular complexity index is 1530. The van der Waals surface area contributed by atoms with Crippen LogP contribution < -0.4 is 25.1 Å². The van der Waals surface area contributed by atoms with Crippen LogP contribution in [0.4, 0.5) is 0 Å². The van der Waals surface area contributed by atoms with E-state index < -0.39 is 28.7 Å². The predicted octanol–water partition coefficient (Wildman–Crippen LogP) is 3.00. The second kappa shape index (κ2) is 10.7. The van der Waals surface area contributed by atoms with E-state index in [0.717, 1.165) is 12.1 Å². The van der Waals surface area contributed by atoms with Crippen LogP contribution in [0.3, 0.4) is 0 Å². The average molecular weight is 496 g/mol. The van der Waals surface area contributed by atoms with Crippen molar-refractivity contribution >= 4 is 34.4 Å². The number of rotatable bonds is 11. The van der Waals surface area contributed by atoms with Crippen molar-refractivity contribution in [2.24, 2.45) is 0 Å². The van der Waals surface area contributed by atoms with E-state index in [2.05, 4.69) is 4.74 Å². The highest BCUT2D eigenvalue weighted by molar-refractivity contribution is 5.89. The van der Waals surface area contributed by atoms with Gasteiger partial charge < -0.3 is 32.9 Å². The van der Waals surface area contributed by atoms with Crippen molar-refractivity contribution in [2.45, 2.75) is 13.0 Å². The molecule has 0 aliphatic heterocycles. The van der Waals surface area contributed by atoms with Crippen LogP contribution in [-0.2, 0) is 9.53 Å². The van der Waals surface area contributed by atoms with E-state index in [4.69, 9.17) is 28.2 Å². The van der Waals surface area contributed by atoms with Gasteiger partial charge in [-0.25, -0.2) is 4.79 Å². The van der Waals surface area contributed by atoms with Crippen molar-refractivity contribution in [3.05, 3.63) is 74.7 Å². The summed E-state index contributed by atoms with van der Waals surface area (Å²) in [6.45, 7) is 2.24. The molecule has 36 heavy (non-hydrogen) atoms. The molecule has 1 unspecified atom stereocenters. The lowest BCUT2D eigenvalue weighted by Gasteiger charge is -2.19. The summed E-state index contributed by atoms with van der Waals surface area (Å²) in [5, 5.41) is 9.36. The quantitative estimate of drug-likeness (QED) is 0.305. The molecule has 2 aromatic heterocycles. The van der Waals surface area contributed by atoms with E-state index in [0.29, 0.717) is 6.61 Å². The summed E-state index contributed by atoms with van der Waals surface area (Å²) in [4.78, 5) is 46.7. The number of ether oxygens (including phenoxy) is 4. The first-order chi connectivity index (χ1) is 17.4. The van der Waals surface area contributed by atoms with Gasteiger partial charge in [0.1, 0.15) is 52.8 Å². The van der Waals surface area contributed by atoms with Crippen molar-refractivity contribution < 1.29 is 42.5 Å². The second-order valence-electron chi connectivity index (χ2n) is 7.38. The zero-order chi connectivity index (χ0) is 25.7. The molecule has 4 aromatic rings. The molecule has 11 heteroatoms. The maximum Gasteiger partial charge on any atom is 0.371 e. The molecule has 0 radical (unpaired) electrons. The van der Waals surface area contributed by atoms with E-state index in [9.17, 15) is 19.2 Å². The molecule has 4 rings (SSSR count). The first-order valence-corrected chi connectivity index (χ1v) is 10.8. The van der Waals surface area contributed by atoms with E-state index >= 15 is 0 Å². The molecular formula is C25H20O11. The van der Waals surface area contributed by atoms with E-state index in [1.54, 1.807) is 31.2 Å². The van der Waals surface area contributed by atoms with Crippen LogP contribution in [0.5, 0.6) is 17.4 Å². The Labute approximate surface area is 202 Å². The number of aromatic carboxylic acids is 1. The van der Waals surface area contributed by atoms with E-state index in [-0.39, 0.29) is 59.1 Å². The summed E-state index contributed by atoms with van der Waals surface area (Å²) in [7, 11) is 0. The fourth-order valence-electron chi connectivity index (χ4n) is 3.53. The maximum absolute atomic E-state index is 12.5. The Morgan fingerprint density at radius 3 is 2.08 bits per heavy atom. The van der Waals surface area contributed by atoms with Gasteiger partial charge >= 0.3 is 12.4 Å². The Morgan fingerprint density at radius 1 is 0.944 bits per heavy atom. The van der Waals surface area contributed by atoms with Crippen molar-refractivity contribution in [3.8, 4) is 17.4 Å². The lowest BCUT2D eigenvalue weighted by atomic mass is 10.2. The van der Waals surface area contributed by atoms with Gasteiger partial charge in [0, 0.05) is 12.7 Å². The van der Waals surface area contributed by atoms with Crippen LogP contribution in [0, 0.1) is 0 Å². The molecule has 1 N–H and O–H groups in total. The number of carboxylic acid groups (broad SMARTS) is 1. The third-order valence-electron chi connectivity index (χ3n) is 5.04. The molecule has 1 atom stereocenters. The number of hydrogen-bond donors (Lipinski definition) is 1. The Kier molecular flexibility index (Phi) is 7.31. The van der Waals surface area contributed by atoms with Gasteiger partial charge in [0.05, 0.1) is 6.07 Å². The van der Waals surface area contributed by atoms with Crippen molar-refractivity contribution in [3.63, 3.8) is 0 Å². The summed E-state index contributed by atoms with van der Waals surface area (Å²) in [6.07, 6.45) is -0.601. The van der Waals surface area contributed by atoms with Gasteiger partial charge in [-0.1, -0.05) is 12.1 Å². The molecule has 0 aliphatic rings. The van der Waals surface area contributed by atoms with E-state index in [1.807, 2.05) is 0 Å². The molecule has 0 spiro atoms. The van der Waals surface area contributed by atoms with E-state index in [1.165, 1.54) is 12.1 Å². The molecule has 2 aromatic carbocycles. The molecule has 0 saturated heterocycles. The highest BCUT2D eigenvalue weighted by atomic mass is 16.6. The number of fused-ring (bicyclic) bond motifs is 2. The minimum atomic E-state index is -1.36. The fraction of sp³-hybridized carbons (Fsp3) is 0.200. The first-order valence-electron chi connectivity index (χ1n) is 10.8. The highest BCUT2D eigenvalue weighted by Crippen LogP contribution is 2.26. The highest BCUT2D eigenvalue weighted by Gasteiger charge is 2.18. The molecule has 2 heterocycles. The predicted molar refractivity (Wildman–Crippen MR) is 125 cm³/mol. The fourth-order valence-corrected chi connectivity index (χ4v) is 3.53. The molecule has 0 saturated carbocycles. The average Bonchev–Trinajstić information content (AvgIpc) is 2.85. The van der Waals surface area contributed by atoms with Crippen LogP contribution in [0.2, 0.25) is 0 Å². The second-order valence-corrected chi connectivity index (χ2v) is 7.38. The van der Waals surface area contributed by atoms with Crippen LogP contribution in [0.15, 0.2) is 67.0 Å². The Balaban J connectivity index is 1.53. The third-order valence-corrected chi connectivity index (χ3v) is 5.04.